The minimum Gasteiger partial charge on any atom is -0.444 e. The minimum absolute atomic E-state index is 0.409. The smallest absolute Gasteiger partial charge is 0.407 e. The molecule has 20 heavy (non-hydrogen) atoms. The lowest BCUT2D eigenvalue weighted by molar-refractivity contribution is 0.0534. The van der Waals surface area contributed by atoms with Crippen LogP contribution in [0.4, 0.5) is 10.5 Å². The van der Waals surface area contributed by atoms with Gasteiger partial charge < -0.3 is 15.8 Å². The van der Waals surface area contributed by atoms with E-state index in [1.54, 1.807) is 0 Å². The van der Waals surface area contributed by atoms with Gasteiger partial charge in [-0.25, -0.2) is 4.79 Å². The second-order valence-electron chi connectivity index (χ2n) is 5.60. The van der Waals surface area contributed by atoms with Crippen LogP contribution in [0.2, 0.25) is 0 Å². The summed E-state index contributed by atoms with van der Waals surface area (Å²) in [6, 6.07) is 5.91. The van der Waals surface area contributed by atoms with Crippen LogP contribution in [0.3, 0.4) is 0 Å². The zero-order chi connectivity index (χ0) is 15.2. The van der Waals surface area contributed by atoms with Crippen LogP contribution in [0, 0.1) is 0 Å². The first-order valence-corrected chi connectivity index (χ1v) is 6.83. The van der Waals surface area contributed by atoms with Crippen LogP contribution in [0.5, 0.6) is 0 Å². The van der Waals surface area contributed by atoms with Crippen molar-refractivity contribution in [2.45, 2.75) is 39.7 Å². The van der Waals surface area contributed by atoms with Crippen LogP contribution in [0.15, 0.2) is 24.3 Å². The van der Waals surface area contributed by atoms with Crippen molar-refractivity contribution >= 4 is 17.9 Å². The number of hydrogen-bond donors (Lipinski definition) is 2. The van der Waals surface area contributed by atoms with Crippen molar-refractivity contribution < 1.29 is 9.53 Å². The number of carbonyl (C=O) groups is 1. The molecule has 0 spiro atoms. The van der Waals surface area contributed by atoms with Crippen LogP contribution in [-0.2, 0) is 11.2 Å². The number of ether oxygens (including phenoxy) is 1. The van der Waals surface area contributed by atoms with E-state index in [9.17, 15) is 4.79 Å². The van der Waals surface area contributed by atoms with E-state index in [0.29, 0.717) is 6.54 Å². The van der Waals surface area contributed by atoms with E-state index in [1.807, 2.05) is 45.1 Å². The third-order valence-corrected chi connectivity index (χ3v) is 2.62. The molecule has 0 radical (unpaired) electrons. The molecule has 1 amide bonds. The van der Waals surface area contributed by atoms with Gasteiger partial charge in [0.1, 0.15) is 5.60 Å². The van der Waals surface area contributed by atoms with Crippen LogP contribution in [0.1, 0.15) is 38.8 Å². The van der Waals surface area contributed by atoms with Crippen molar-refractivity contribution in [1.82, 2.24) is 5.32 Å². The number of alkyl carbamates (subject to hydrolysis) is 1. The zero-order valence-corrected chi connectivity index (χ0v) is 12.7. The predicted molar refractivity (Wildman–Crippen MR) is 83.5 cm³/mol. The Kier molecular flexibility index (Phi) is 5.62. The first-order chi connectivity index (χ1) is 9.31. The van der Waals surface area contributed by atoms with Crippen molar-refractivity contribution in [3.8, 4) is 0 Å². The van der Waals surface area contributed by atoms with Crippen LogP contribution < -0.4 is 11.1 Å². The molecule has 0 unspecified atom stereocenters. The summed E-state index contributed by atoms with van der Waals surface area (Å²) in [5, 5.41) is 2.68. The van der Waals surface area contributed by atoms with E-state index < -0.39 is 11.7 Å². The van der Waals surface area contributed by atoms with Gasteiger partial charge >= 0.3 is 6.09 Å². The van der Waals surface area contributed by atoms with Gasteiger partial charge in [0.25, 0.3) is 0 Å². The van der Waals surface area contributed by atoms with E-state index in [2.05, 4.69) is 18.3 Å². The van der Waals surface area contributed by atoms with Gasteiger partial charge in [-0.2, -0.15) is 0 Å². The molecule has 4 nitrogen and oxygen atoms in total. The molecule has 0 heterocycles. The number of nitrogen functional groups attached to an aromatic ring is 1. The van der Waals surface area contributed by atoms with Crippen LogP contribution in [0.25, 0.3) is 6.08 Å². The monoisotopic (exact) mass is 276 g/mol. The second-order valence-corrected chi connectivity index (χ2v) is 5.60. The molecule has 3 N–H and O–H groups in total. The number of nitrogens with two attached hydrogens (primary N) is 1. The molecule has 0 aliphatic carbocycles. The third kappa shape index (κ3) is 5.78. The highest BCUT2D eigenvalue weighted by molar-refractivity contribution is 5.68. The average molecular weight is 276 g/mol. The number of carbonyl (C=O) groups excluding carboxylic acids is 1. The summed E-state index contributed by atoms with van der Waals surface area (Å²) in [7, 11) is 0. The quantitative estimate of drug-likeness (QED) is 0.829. The molecule has 0 saturated heterocycles. The van der Waals surface area contributed by atoms with Gasteiger partial charge in [-0.3, -0.25) is 0 Å². The van der Waals surface area contributed by atoms with Crippen molar-refractivity contribution in [3.63, 3.8) is 0 Å². The summed E-state index contributed by atoms with van der Waals surface area (Å²) in [5.41, 5.74) is 8.40. The van der Waals surface area contributed by atoms with Gasteiger partial charge in [0, 0.05) is 12.2 Å². The Morgan fingerprint density at radius 3 is 2.70 bits per heavy atom. The Bertz CT molecular complexity index is 488. The summed E-state index contributed by atoms with van der Waals surface area (Å²) in [6.07, 6.45) is 4.34. The van der Waals surface area contributed by atoms with E-state index in [4.69, 9.17) is 10.5 Å². The molecule has 0 aromatic heterocycles. The number of anilines is 1. The standard InChI is InChI=1S/C16H24N2O2/c1-5-13-11-12(8-9-14(13)17)7-6-10-18-15(19)20-16(2,3)4/h6-9,11H,5,10,17H2,1-4H3,(H,18,19). The van der Waals surface area contributed by atoms with Crippen molar-refractivity contribution in [3.05, 3.63) is 35.4 Å². The molecule has 1 aromatic carbocycles. The van der Waals surface area contributed by atoms with Crippen LogP contribution >= 0.6 is 0 Å². The molecule has 0 bridgehead atoms. The number of aryl methyl sites for hydroxylation is 1. The zero-order valence-electron chi connectivity index (χ0n) is 12.7. The average Bonchev–Trinajstić information content (AvgIpc) is 2.34. The van der Waals surface area contributed by atoms with Crippen molar-refractivity contribution in [2.75, 3.05) is 12.3 Å². The number of benzene rings is 1. The highest BCUT2D eigenvalue weighted by Crippen LogP contribution is 2.15. The highest BCUT2D eigenvalue weighted by Gasteiger charge is 2.14. The summed E-state index contributed by atoms with van der Waals surface area (Å²) >= 11 is 0. The molecule has 1 aromatic rings. The largest absolute Gasteiger partial charge is 0.444 e. The predicted octanol–water partition coefficient (Wildman–Crippen LogP) is 3.37. The molecule has 0 fully saturated rings. The Hall–Kier alpha value is -1.97. The summed E-state index contributed by atoms with van der Waals surface area (Å²) in [4.78, 5) is 11.4. The topological polar surface area (TPSA) is 64.3 Å². The lowest BCUT2D eigenvalue weighted by Crippen LogP contribution is -2.32. The molecule has 0 saturated carbocycles. The maximum Gasteiger partial charge on any atom is 0.407 e. The Labute approximate surface area is 121 Å². The maximum atomic E-state index is 11.4. The normalized spacial score (nSPS) is 11.6. The van der Waals surface area contributed by atoms with Crippen LogP contribution in [-0.4, -0.2) is 18.2 Å². The van der Waals surface area contributed by atoms with Gasteiger partial charge in [-0.1, -0.05) is 25.1 Å². The maximum absolute atomic E-state index is 11.4. The fraction of sp³-hybridized carbons (Fsp3) is 0.438. The number of hydrogen-bond acceptors (Lipinski definition) is 3. The SMILES string of the molecule is CCc1cc(C=CCNC(=O)OC(C)(C)C)ccc1N. The first kappa shape index (κ1) is 16.1. The minimum atomic E-state index is -0.471. The van der Waals surface area contributed by atoms with Gasteiger partial charge in [0.2, 0.25) is 0 Å². The van der Waals surface area contributed by atoms with E-state index in [1.165, 1.54) is 0 Å². The fourth-order valence-corrected chi connectivity index (χ4v) is 1.69. The fourth-order valence-electron chi connectivity index (χ4n) is 1.69. The second kappa shape index (κ2) is 6.98. The molecule has 1 rings (SSSR count). The van der Waals surface area contributed by atoms with Gasteiger partial charge in [0.05, 0.1) is 0 Å². The Morgan fingerprint density at radius 2 is 2.10 bits per heavy atom. The molecular formula is C16H24N2O2. The lowest BCUT2D eigenvalue weighted by atomic mass is 10.1. The van der Waals surface area contributed by atoms with Gasteiger partial charge in [-0.05, 0) is 50.5 Å². The number of amides is 1. The first-order valence-electron chi connectivity index (χ1n) is 6.83. The molecular weight excluding hydrogens is 252 g/mol. The van der Waals surface area contributed by atoms with E-state index in [0.717, 1.165) is 23.2 Å². The summed E-state index contributed by atoms with van der Waals surface area (Å²) in [6.45, 7) is 8.01. The number of rotatable bonds is 4. The van der Waals surface area contributed by atoms with E-state index >= 15 is 0 Å². The highest BCUT2D eigenvalue weighted by atomic mass is 16.6. The van der Waals surface area contributed by atoms with Gasteiger partial charge in [0.15, 0.2) is 0 Å². The number of nitrogens with one attached hydrogen (secondary N) is 1. The molecule has 0 atom stereocenters. The molecule has 4 heteroatoms. The summed E-state index contributed by atoms with van der Waals surface area (Å²) < 4.78 is 5.14. The molecule has 0 aliphatic rings. The molecule has 0 aliphatic heterocycles. The van der Waals surface area contributed by atoms with E-state index in [-0.39, 0.29) is 0 Å². The van der Waals surface area contributed by atoms with Crippen molar-refractivity contribution in [1.29, 1.82) is 0 Å². The lowest BCUT2D eigenvalue weighted by Gasteiger charge is -2.19. The summed E-state index contributed by atoms with van der Waals surface area (Å²) in [5.74, 6) is 0. The molecule has 110 valence electrons. The van der Waals surface area contributed by atoms with Gasteiger partial charge in [-0.15, -0.1) is 0 Å². The Morgan fingerprint density at radius 1 is 1.40 bits per heavy atom. The van der Waals surface area contributed by atoms with Crippen molar-refractivity contribution in [2.24, 2.45) is 0 Å². The Balaban J connectivity index is 2.47. The third-order valence-electron chi connectivity index (χ3n) is 2.62.